The summed E-state index contributed by atoms with van der Waals surface area (Å²) in [5.74, 6) is -1.19. The van der Waals surface area contributed by atoms with Crippen molar-refractivity contribution >= 4 is 11.9 Å². The maximum Gasteiger partial charge on any atom is 0.311 e. The van der Waals surface area contributed by atoms with E-state index in [1.54, 1.807) is 13.8 Å². The van der Waals surface area contributed by atoms with Gasteiger partial charge >= 0.3 is 11.9 Å². The monoisotopic (exact) mass is 485 g/mol. The highest BCUT2D eigenvalue weighted by Crippen LogP contribution is 2.37. The molecule has 7 nitrogen and oxygen atoms in total. The standard InChI is InChI=1S/C27H51NO6/c1-19(18-34-27(10,11)26(8,9)14-15-33-24(3,4)5)20(2)28-17-21(22(29)31-12)16-25(6,7)23(30)32-13/h21,28H,14-18H2,1-13H3/b20-19+. The second-order valence-electron chi connectivity index (χ2n) is 12.0. The van der Waals surface area contributed by atoms with Gasteiger partial charge in [-0.05, 0) is 86.1 Å². The number of carbonyl (C=O) groups is 2. The van der Waals surface area contributed by atoms with Gasteiger partial charge in [-0.2, -0.15) is 0 Å². The van der Waals surface area contributed by atoms with Crippen LogP contribution in [0.1, 0.15) is 89.0 Å². The van der Waals surface area contributed by atoms with Crippen molar-refractivity contribution in [2.45, 2.75) is 100 Å². The minimum Gasteiger partial charge on any atom is -0.469 e. The van der Waals surface area contributed by atoms with E-state index < -0.39 is 11.3 Å². The first-order valence-corrected chi connectivity index (χ1v) is 12.1. The summed E-state index contributed by atoms with van der Waals surface area (Å²) >= 11 is 0. The van der Waals surface area contributed by atoms with Crippen LogP contribution in [0.15, 0.2) is 11.3 Å². The molecule has 0 saturated carbocycles. The molecule has 0 bridgehead atoms. The third-order valence-electron chi connectivity index (χ3n) is 6.82. The first kappa shape index (κ1) is 32.4. The maximum absolute atomic E-state index is 12.3. The largest absolute Gasteiger partial charge is 0.469 e. The molecule has 200 valence electrons. The van der Waals surface area contributed by atoms with Crippen molar-refractivity contribution in [3.8, 4) is 0 Å². The van der Waals surface area contributed by atoms with Gasteiger partial charge in [0, 0.05) is 18.8 Å². The van der Waals surface area contributed by atoms with Gasteiger partial charge in [0.2, 0.25) is 0 Å². The Kier molecular flexibility index (Phi) is 12.3. The van der Waals surface area contributed by atoms with E-state index in [2.05, 4.69) is 53.8 Å². The fourth-order valence-corrected chi connectivity index (χ4v) is 3.31. The van der Waals surface area contributed by atoms with Crippen molar-refractivity contribution in [3.05, 3.63) is 11.3 Å². The molecule has 0 radical (unpaired) electrons. The fourth-order valence-electron chi connectivity index (χ4n) is 3.31. The van der Waals surface area contributed by atoms with E-state index in [0.717, 1.165) is 17.7 Å². The van der Waals surface area contributed by atoms with E-state index in [1.807, 2.05) is 13.8 Å². The van der Waals surface area contributed by atoms with Gasteiger partial charge in [-0.3, -0.25) is 9.59 Å². The Bertz CT molecular complexity index is 700. The number of allylic oxidation sites excluding steroid dienone is 1. The number of carbonyl (C=O) groups excluding carboxylic acids is 2. The van der Waals surface area contributed by atoms with Crippen molar-refractivity contribution in [2.75, 3.05) is 34.0 Å². The highest BCUT2D eigenvalue weighted by molar-refractivity contribution is 5.78. The number of esters is 2. The minimum absolute atomic E-state index is 0.0880. The summed E-state index contributed by atoms with van der Waals surface area (Å²) in [7, 11) is 2.71. The molecule has 1 unspecified atom stereocenters. The van der Waals surface area contributed by atoms with Gasteiger partial charge < -0.3 is 24.3 Å². The van der Waals surface area contributed by atoms with E-state index in [1.165, 1.54) is 14.2 Å². The number of nitrogens with one attached hydrogen (secondary N) is 1. The van der Waals surface area contributed by atoms with Crippen molar-refractivity contribution < 1.29 is 28.5 Å². The number of ether oxygens (including phenoxy) is 4. The molecule has 0 aromatic rings. The average molecular weight is 486 g/mol. The summed E-state index contributed by atoms with van der Waals surface area (Å²) in [6, 6.07) is 0. The Hall–Kier alpha value is -1.60. The molecule has 0 aromatic carbocycles. The van der Waals surface area contributed by atoms with E-state index >= 15 is 0 Å². The van der Waals surface area contributed by atoms with Gasteiger partial charge in [0.25, 0.3) is 0 Å². The average Bonchev–Trinajstić information content (AvgIpc) is 2.71. The van der Waals surface area contributed by atoms with E-state index in [-0.39, 0.29) is 28.6 Å². The van der Waals surface area contributed by atoms with Crippen molar-refractivity contribution in [1.82, 2.24) is 5.32 Å². The topological polar surface area (TPSA) is 83.1 Å². The normalized spacial score (nSPS) is 14.9. The van der Waals surface area contributed by atoms with Gasteiger partial charge in [-0.15, -0.1) is 0 Å². The molecule has 0 aromatic heterocycles. The lowest BCUT2D eigenvalue weighted by atomic mass is 9.74. The van der Waals surface area contributed by atoms with Crippen LogP contribution in [0.4, 0.5) is 0 Å². The molecule has 7 heteroatoms. The van der Waals surface area contributed by atoms with Gasteiger partial charge in [0.05, 0.1) is 43.4 Å². The van der Waals surface area contributed by atoms with Gasteiger partial charge in [-0.25, -0.2) is 0 Å². The summed E-state index contributed by atoms with van der Waals surface area (Å²) in [6.07, 6.45) is 1.20. The molecule has 1 N–H and O–H groups in total. The summed E-state index contributed by atoms with van der Waals surface area (Å²) in [5, 5.41) is 3.33. The zero-order valence-corrected chi connectivity index (χ0v) is 24.1. The lowest BCUT2D eigenvalue weighted by molar-refractivity contribution is -0.154. The summed E-state index contributed by atoms with van der Waals surface area (Å²) < 4.78 is 22.1. The van der Waals surface area contributed by atoms with Crippen LogP contribution in [0.3, 0.4) is 0 Å². The van der Waals surface area contributed by atoms with Crippen LogP contribution in [0.25, 0.3) is 0 Å². The summed E-state index contributed by atoms with van der Waals surface area (Å²) in [4.78, 5) is 24.4. The quantitative estimate of drug-likeness (QED) is 0.335. The maximum atomic E-state index is 12.3. The van der Waals surface area contributed by atoms with Crippen LogP contribution in [0, 0.1) is 16.7 Å². The van der Waals surface area contributed by atoms with Crippen molar-refractivity contribution in [1.29, 1.82) is 0 Å². The van der Waals surface area contributed by atoms with Crippen LogP contribution in [-0.4, -0.2) is 57.1 Å². The predicted octanol–water partition coefficient (Wildman–Crippen LogP) is 5.28. The first-order valence-electron chi connectivity index (χ1n) is 12.1. The molecule has 0 aliphatic carbocycles. The number of hydrogen-bond acceptors (Lipinski definition) is 7. The van der Waals surface area contributed by atoms with Crippen LogP contribution in [0.5, 0.6) is 0 Å². The Labute approximate surface area is 208 Å². The van der Waals surface area contributed by atoms with E-state index in [9.17, 15) is 9.59 Å². The molecular formula is C27H51NO6. The van der Waals surface area contributed by atoms with Crippen LogP contribution < -0.4 is 5.32 Å². The second kappa shape index (κ2) is 12.9. The third kappa shape index (κ3) is 10.8. The van der Waals surface area contributed by atoms with Crippen molar-refractivity contribution in [2.24, 2.45) is 16.7 Å². The highest BCUT2D eigenvalue weighted by Gasteiger charge is 2.38. The molecule has 0 amide bonds. The molecule has 34 heavy (non-hydrogen) atoms. The zero-order chi connectivity index (χ0) is 27.0. The van der Waals surface area contributed by atoms with Crippen LogP contribution in [-0.2, 0) is 28.5 Å². The Balaban J connectivity index is 5.12. The fraction of sp³-hybridized carbons (Fsp3) is 0.852. The molecular weight excluding hydrogens is 434 g/mol. The lowest BCUT2D eigenvalue weighted by Gasteiger charge is -2.42. The molecule has 0 rings (SSSR count). The highest BCUT2D eigenvalue weighted by atomic mass is 16.5. The van der Waals surface area contributed by atoms with Gasteiger partial charge in [0.1, 0.15) is 0 Å². The molecule has 0 aliphatic heterocycles. The number of rotatable bonds is 14. The number of hydrogen-bond donors (Lipinski definition) is 1. The van der Waals surface area contributed by atoms with Crippen molar-refractivity contribution in [3.63, 3.8) is 0 Å². The summed E-state index contributed by atoms with van der Waals surface area (Å²) in [5.41, 5.74) is 0.582. The van der Waals surface area contributed by atoms with Gasteiger partial charge in [0.15, 0.2) is 0 Å². The molecule has 1 atom stereocenters. The first-order chi connectivity index (χ1) is 15.3. The smallest absolute Gasteiger partial charge is 0.311 e. The lowest BCUT2D eigenvalue weighted by Crippen LogP contribution is -2.43. The molecule has 0 spiro atoms. The Morgan fingerprint density at radius 3 is 1.88 bits per heavy atom. The van der Waals surface area contributed by atoms with E-state index in [4.69, 9.17) is 18.9 Å². The molecule has 0 saturated heterocycles. The van der Waals surface area contributed by atoms with Gasteiger partial charge in [-0.1, -0.05) is 13.8 Å². The predicted molar refractivity (Wildman–Crippen MR) is 136 cm³/mol. The molecule has 0 aliphatic rings. The minimum atomic E-state index is -0.794. The second-order valence-corrected chi connectivity index (χ2v) is 12.0. The van der Waals surface area contributed by atoms with E-state index in [0.29, 0.717) is 26.2 Å². The Morgan fingerprint density at radius 1 is 0.853 bits per heavy atom. The third-order valence-corrected chi connectivity index (χ3v) is 6.82. The van der Waals surface area contributed by atoms with Crippen LogP contribution >= 0.6 is 0 Å². The number of methoxy groups -OCH3 is 2. The zero-order valence-electron chi connectivity index (χ0n) is 24.1. The van der Waals surface area contributed by atoms with Crippen LogP contribution in [0.2, 0.25) is 0 Å². The Morgan fingerprint density at radius 2 is 1.41 bits per heavy atom. The summed E-state index contributed by atoms with van der Waals surface area (Å²) in [6.45, 7) is 23.8. The molecule has 0 heterocycles. The molecule has 0 fully saturated rings. The SMILES string of the molecule is COC(=O)C(CN/C(C)=C(\C)COC(C)(C)C(C)(C)CCOC(C)(C)C)CC(C)(C)C(=O)OC.